The van der Waals surface area contributed by atoms with E-state index in [4.69, 9.17) is 5.11 Å². The van der Waals surface area contributed by atoms with Gasteiger partial charge in [-0.05, 0) is 22.8 Å². The number of carboxylic acids is 1. The lowest BCUT2D eigenvalue weighted by molar-refractivity contribution is -0.136. The fourth-order valence-corrected chi connectivity index (χ4v) is 2.03. The Balaban J connectivity index is 2.29. The number of carboxylic acid groups (broad SMARTS) is 1. The van der Waals surface area contributed by atoms with Crippen LogP contribution in [0.1, 0.15) is 5.56 Å². The summed E-state index contributed by atoms with van der Waals surface area (Å²) in [6.45, 7) is 0. The SMILES string of the molecule is O=C(O)[C@@H](Br)Cc1ccc2ccccc2c1. The van der Waals surface area contributed by atoms with Crippen molar-refractivity contribution in [3.8, 4) is 0 Å². The van der Waals surface area contributed by atoms with Crippen molar-refractivity contribution in [1.29, 1.82) is 0 Å². The zero-order valence-corrected chi connectivity index (χ0v) is 10.1. The number of hydrogen-bond acceptors (Lipinski definition) is 1. The van der Waals surface area contributed by atoms with Crippen molar-refractivity contribution in [1.82, 2.24) is 0 Å². The van der Waals surface area contributed by atoms with E-state index < -0.39 is 10.8 Å². The van der Waals surface area contributed by atoms with Crippen LogP contribution in [0.15, 0.2) is 42.5 Å². The maximum absolute atomic E-state index is 10.7. The maximum Gasteiger partial charge on any atom is 0.317 e. The van der Waals surface area contributed by atoms with Gasteiger partial charge in [-0.2, -0.15) is 0 Å². The van der Waals surface area contributed by atoms with Crippen molar-refractivity contribution in [2.75, 3.05) is 0 Å². The number of carbonyl (C=O) groups is 1. The summed E-state index contributed by atoms with van der Waals surface area (Å²) >= 11 is 3.14. The third-order valence-electron chi connectivity index (χ3n) is 2.50. The van der Waals surface area contributed by atoms with Crippen LogP contribution in [-0.4, -0.2) is 15.9 Å². The van der Waals surface area contributed by atoms with Crippen molar-refractivity contribution >= 4 is 32.7 Å². The Bertz CT molecular complexity index is 522. The van der Waals surface area contributed by atoms with Crippen LogP contribution in [0, 0.1) is 0 Å². The standard InChI is InChI=1S/C13H11BrO2/c14-12(13(15)16)8-9-5-6-10-3-1-2-4-11(10)7-9/h1-7,12H,8H2,(H,15,16)/t12-/m0/s1. The quantitative estimate of drug-likeness (QED) is 0.876. The lowest BCUT2D eigenvalue weighted by atomic mass is 10.0. The van der Waals surface area contributed by atoms with Crippen LogP contribution in [0.3, 0.4) is 0 Å². The summed E-state index contributed by atoms with van der Waals surface area (Å²) < 4.78 is 0. The molecule has 3 heteroatoms. The van der Waals surface area contributed by atoms with Gasteiger partial charge in [-0.3, -0.25) is 4.79 Å². The Morgan fingerprint density at radius 2 is 1.88 bits per heavy atom. The normalized spacial score (nSPS) is 12.6. The minimum atomic E-state index is -0.826. The van der Waals surface area contributed by atoms with Gasteiger partial charge in [0.1, 0.15) is 4.83 Å². The largest absolute Gasteiger partial charge is 0.480 e. The van der Waals surface area contributed by atoms with Gasteiger partial charge in [-0.1, -0.05) is 58.4 Å². The minimum absolute atomic E-state index is 0.500. The Hall–Kier alpha value is -1.35. The second-order valence-electron chi connectivity index (χ2n) is 3.69. The molecule has 1 N–H and O–H groups in total. The highest BCUT2D eigenvalue weighted by Gasteiger charge is 2.13. The summed E-state index contributed by atoms with van der Waals surface area (Å²) in [7, 11) is 0. The highest BCUT2D eigenvalue weighted by molar-refractivity contribution is 9.10. The van der Waals surface area contributed by atoms with E-state index in [-0.39, 0.29) is 0 Å². The van der Waals surface area contributed by atoms with Crippen molar-refractivity contribution < 1.29 is 9.90 Å². The summed E-state index contributed by atoms with van der Waals surface area (Å²) in [5.41, 5.74) is 1.03. The third-order valence-corrected chi connectivity index (χ3v) is 3.21. The molecule has 2 aromatic carbocycles. The number of hydrogen-bond donors (Lipinski definition) is 1. The Kier molecular flexibility index (Phi) is 3.25. The Morgan fingerprint density at radius 3 is 2.56 bits per heavy atom. The van der Waals surface area contributed by atoms with Crippen molar-refractivity contribution in [3.05, 3.63) is 48.0 Å². The van der Waals surface area contributed by atoms with E-state index in [2.05, 4.69) is 15.9 Å². The topological polar surface area (TPSA) is 37.3 Å². The number of benzene rings is 2. The van der Waals surface area contributed by atoms with Gasteiger partial charge in [0.2, 0.25) is 0 Å². The zero-order valence-electron chi connectivity index (χ0n) is 8.56. The minimum Gasteiger partial charge on any atom is -0.480 e. The number of rotatable bonds is 3. The first-order chi connectivity index (χ1) is 7.66. The van der Waals surface area contributed by atoms with Gasteiger partial charge in [-0.25, -0.2) is 0 Å². The highest BCUT2D eigenvalue weighted by Crippen LogP contribution is 2.18. The highest BCUT2D eigenvalue weighted by atomic mass is 79.9. The van der Waals surface area contributed by atoms with Gasteiger partial charge >= 0.3 is 5.97 Å². The predicted octanol–water partition coefficient (Wildman–Crippen LogP) is 3.23. The monoisotopic (exact) mass is 278 g/mol. The molecule has 2 rings (SSSR count). The third kappa shape index (κ3) is 2.42. The smallest absolute Gasteiger partial charge is 0.317 e. The lowest BCUT2D eigenvalue weighted by Gasteiger charge is -2.06. The molecule has 0 aromatic heterocycles. The van der Waals surface area contributed by atoms with Crippen molar-refractivity contribution in [3.63, 3.8) is 0 Å². The van der Waals surface area contributed by atoms with Crippen LogP contribution in [0.2, 0.25) is 0 Å². The van der Waals surface area contributed by atoms with E-state index >= 15 is 0 Å². The average Bonchev–Trinajstić information content (AvgIpc) is 2.28. The first-order valence-electron chi connectivity index (χ1n) is 5.01. The molecule has 0 saturated carbocycles. The van der Waals surface area contributed by atoms with E-state index in [9.17, 15) is 4.79 Å². The fraction of sp³-hybridized carbons (Fsp3) is 0.154. The van der Waals surface area contributed by atoms with Gasteiger partial charge in [-0.15, -0.1) is 0 Å². The second-order valence-corrected chi connectivity index (χ2v) is 4.80. The molecule has 0 heterocycles. The molecule has 0 radical (unpaired) electrons. The number of halogens is 1. The Labute approximate surface area is 102 Å². The molecule has 0 aliphatic carbocycles. The molecular formula is C13H11BrO2. The molecule has 2 nitrogen and oxygen atoms in total. The van der Waals surface area contributed by atoms with Crippen molar-refractivity contribution in [2.24, 2.45) is 0 Å². The molecule has 0 aliphatic rings. The van der Waals surface area contributed by atoms with E-state index in [1.807, 2.05) is 42.5 Å². The summed E-state index contributed by atoms with van der Waals surface area (Å²) in [6, 6.07) is 14.1. The van der Waals surface area contributed by atoms with E-state index in [0.717, 1.165) is 10.9 Å². The molecule has 0 amide bonds. The molecule has 0 fully saturated rings. The van der Waals surface area contributed by atoms with Crippen LogP contribution in [-0.2, 0) is 11.2 Å². The number of fused-ring (bicyclic) bond motifs is 1. The molecule has 0 aliphatic heterocycles. The lowest BCUT2D eigenvalue weighted by Crippen LogP contribution is -2.15. The van der Waals surface area contributed by atoms with E-state index in [0.29, 0.717) is 6.42 Å². The van der Waals surface area contributed by atoms with Crippen LogP contribution < -0.4 is 0 Å². The summed E-state index contributed by atoms with van der Waals surface area (Å²) in [5.74, 6) is -0.826. The van der Waals surface area contributed by atoms with Crippen LogP contribution >= 0.6 is 15.9 Å². The zero-order chi connectivity index (χ0) is 11.5. The Morgan fingerprint density at radius 1 is 1.19 bits per heavy atom. The van der Waals surface area contributed by atoms with Crippen LogP contribution in [0.4, 0.5) is 0 Å². The molecule has 0 spiro atoms. The van der Waals surface area contributed by atoms with E-state index in [1.165, 1.54) is 5.39 Å². The number of alkyl halides is 1. The molecule has 0 saturated heterocycles. The molecule has 0 bridgehead atoms. The molecule has 16 heavy (non-hydrogen) atoms. The summed E-state index contributed by atoms with van der Waals surface area (Å²) in [6.07, 6.45) is 0.500. The van der Waals surface area contributed by atoms with Gasteiger partial charge in [0, 0.05) is 0 Å². The van der Waals surface area contributed by atoms with Crippen LogP contribution in [0.25, 0.3) is 10.8 Å². The molecule has 82 valence electrons. The molecule has 1 atom stereocenters. The first kappa shape index (κ1) is 11.1. The van der Waals surface area contributed by atoms with Gasteiger partial charge in [0.25, 0.3) is 0 Å². The van der Waals surface area contributed by atoms with Crippen LogP contribution in [0.5, 0.6) is 0 Å². The fourth-order valence-electron chi connectivity index (χ4n) is 1.66. The summed E-state index contributed by atoms with van der Waals surface area (Å²) in [5, 5.41) is 11.1. The maximum atomic E-state index is 10.7. The molecule has 2 aromatic rings. The summed E-state index contributed by atoms with van der Waals surface area (Å²) in [4.78, 5) is 10.2. The first-order valence-corrected chi connectivity index (χ1v) is 5.93. The predicted molar refractivity (Wildman–Crippen MR) is 68.0 cm³/mol. The van der Waals surface area contributed by atoms with Gasteiger partial charge in [0.15, 0.2) is 0 Å². The second kappa shape index (κ2) is 4.66. The van der Waals surface area contributed by atoms with Gasteiger partial charge < -0.3 is 5.11 Å². The van der Waals surface area contributed by atoms with E-state index in [1.54, 1.807) is 0 Å². The molecular weight excluding hydrogens is 268 g/mol. The molecule has 0 unspecified atom stereocenters. The van der Waals surface area contributed by atoms with Crippen molar-refractivity contribution in [2.45, 2.75) is 11.2 Å². The average molecular weight is 279 g/mol. The van der Waals surface area contributed by atoms with Gasteiger partial charge in [0.05, 0.1) is 0 Å². The number of aliphatic carboxylic acids is 1.